The van der Waals surface area contributed by atoms with E-state index in [1.807, 2.05) is 18.2 Å². The molecule has 2 aromatic rings. The zero-order valence-electron chi connectivity index (χ0n) is 12.5. The standard InChI is InChI=1S/C17H17NO4S/c19-23(20,15-6-7-16-17(10-15)22-12-21-16)18-9-8-14(11-18)13-4-2-1-3-5-13/h1-7,10,14H,8-9,11-12H2/t14-/m0/s1. The molecule has 2 aromatic carbocycles. The molecule has 2 aliphatic rings. The van der Waals surface area contributed by atoms with Gasteiger partial charge in [-0.05, 0) is 30.0 Å². The third-order valence-electron chi connectivity index (χ3n) is 4.40. The summed E-state index contributed by atoms with van der Waals surface area (Å²) < 4.78 is 37.8. The van der Waals surface area contributed by atoms with E-state index < -0.39 is 10.0 Å². The van der Waals surface area contributed by atoms with Crippen LogP contribution in [0, 0.1) is 0 Å². The van der Waals surface area contributed by atoms with Crippen molar-refractivity contribution < 1.29 is 17.9 Å². The second kappa shape index (κ2) is 5.54. The van der Waals surface area contributed by atoms with E-state index in [1.165, 1.54) is 5.56 Å². The van der Waals surface area contributed by atoms with E-state index in [9.17, 15) is 8.42 Å². The van der Waals surface area contributed by atoms with Crippen molar-refractivity contribution in [1.29, 1.82) is 0 Å². The van der Waals surface area contributed by atoms with Crippen molar-refractivity contribution in [3.05, 3.63) is 54.1 Å². The van der Waals surface area contributed by atoms with Crippen LogP contribution < -0.4 is 9.47 Å². The Labute approximate surface area is 135 Å². The van der Waals surface area contributed by atoms with Crippen LogP contribution in [0.2, 0.25) is 0 Å². The summed E-state index contributed by atoms with van der Waals surface area (Å²) in [6.07, 6.45) is 0.841. The molecule has 6 heteroatoms. The molecule has 5 nitrogen and oxygen atoms in total. The summed E-state index contributed by atoms with van der Waals surface area (Å²) in [5, 5.41) is 0. The first-order valence-corrected chi connectivity index (χ1v) is 9.03. The number of rotatable bonds is 3. The van der Waals surface area contributed by atoms with Crippen LogP contribution in [0.25, 0.3) is 0 Å². The quantitative estimate of drug-likeness (QED) is 0.867. The molecule has 0 radical (unpaired) electrons. The predicted molar refractivity (Wildman–Crippen MR) is 85.1 cm³/mol. The van der Waals surface area contributed by atoms with Crippen LogP contribution in [-0.4, -0.2) is 32.6 Å². The van der Waals surface area contributed by atoms with Crippen molar-refractivity contribution in [3.63, 3.8) is 0 Å². The minimum atomic E-state index is -3.50. The molecule has 23 heavy (non-hydrogen) atoms. The second-order valence-electron chi connectivity index (χ2n) is 5.77. The molecule has 1 atom stereocenters. The Kier molecular flexibility index (Phi) is 3.50. The molecule has 1 saturated heterocycles. The molecule has 1 fully saturated rings. The molecule has 0 amide bonds. The summed E-state index contributed by atoms with van der Waals surface area (Å²) in [7, 11) is -3.50. The maximum absolute atomic E-state index is 12.8. The Morgan fingerprint density at radius 1 is 1.00 bits per heavy atom. The SMILES string of the molecule is O=S(=O)(c1ccc2c(c1)OCO2)N1CC[C@H](c2ccccc2)C1. The number of fused-ring (bicyclic) bond motifs is 1. The van der Waals surface area contributed by atoms with Crippen LogP contribution in [0.15, 0.2) is 53.4 Å². The Bertz CT molecular complexity index is 820. The maximum Gasteiger partial charge on any atom is 0.243 e. The van der Waals surface area contributed by atoms with Crippen molar-refractivity contribution in [1.82, 2.24) is 4.31 Å². The monoisotopic (exact) mass is 331 g/mol. The number of hydrogen-bond acceptors (Lipinski definition) is 4. The molecular formula is C17H17NO4S. The van der Waals surface area contributed by atoms with Crippen LogP contribution in [-0.2, 0) is 10.0 Å². The highest BCUT2D eigenvalue weighted by Crippen LogP contribution is 2.36. The third-order valence-corrected chi connectivity index (χ3v) is 6.26. The van der Waals surface area contributed by atoms with Gasteiger partial charge in [0.15, 0.2) is 11.5 Å². The van der Waals surface area contributed by atoms with E-state index in [4.69, 9.17) is 9.47 Å². The predicted octanol–water partition coefficient (Wildman–Crippen LogP) is 2.59. The van der Waals surface area contributed by atoms with E-state index in [2.05, 4.69) is 12.1 Å². The summed E-state index contributed by atoms with van der Waals surface area (Å²) in [5.41, 5.74) is 1.19. The highest BCUT2D eigenvalue weighted by molar-refractivity contribution is 7.89. The summed E-state index contributed by atoms with van der Waals surface area (Å²) in [5.74, 6) is 1.33. The van der Waals surface area contributed by atoms with Gasteiger partial charge in [-0.1, -0.05) is 30.3 Å². The van der Waals surface area contributed by atoms with E-state index in [-0.39, 0.29) is 17.6 Å². The minimum absolute atomic E-state index is 0.138. The Hall–Kier alpha value is -2.05. The largest absolute Gasteiger partial charge is 0.454 e. The van der Waals surface area contributed by atoms with Crippen LogP contribution in [0.1, 0.15) is 17.9 Å². The molecule has 0 bridgehead atoms. The molecule has 0 aliphatic carbocycles. The fourth-order valence-electron chi connectivity index (χ4n) is 3.13. The van der Waals surface area contributed by atoms with Gasteiger partial charge >= 0.3 is 0 Å². The molecule has 0 N–H and O–H groups in total. The topological polar surface area (TPSA) is 55.8 Å². The average Bonchev–Trinajstić information content (AvgIpc) is 3.24. The highest BCUT2D eigenvalue weighted by atomic mass is 32.2. The fourth-order valence-corrected chi connectivity index (χ4v) is 4.65. The lowest BCUT2D eigenvalue weighted by Crippen LogP contribution is -2.28. The lowest BCUT2D eigenvalue weighted by atomic mass is 9.99. The smallest absolute Gasteiger partial charge is 0.243 e. The van der Waals surface area contributed by atoms with Crippen LogP contribution in [0.3, 0.4) is 0 Å². The number of sulfonamides is 1. The zero-order valence-corrected chi connectivity index (χ0v) is 13.3. The van der Waals surface area contributed by atoms with Gasteiger partial charge in [0.25, 0.3) is 0 Å². The van der Waals surface area contributed by atoms with Gasteiger partial charge < -0.3 is 9.47 Å². The Morgan fingerprint density at radius 2 is 1.78 bits per heavy atom. The number of hydrogen-bond donors (Lipinski definition) is 0. The first-order valence-electron chi connectivity index (χ1n) is 7.59. The van der Waals surface area contributed by atoms with Gasteiger partial charge in [-0.3, -0.25) is 0 Å². The van der Waals surface area contributed by atoms with Crippen LogP contribution in [0.5, 0.6) is 11.5 Å². The summed E-state index contributed by atoms with van der Waals surface area (Å²) in [6, 6.07) is 14.9. The van der Waals surface area contributed by atoms with E-state index >= 15 is 0 Å². The lowest BCUT2D eigenvalue weighted by molar-refractivity contribution is 0.174. The third kappa shape index (κ3) is 2.58. The van der Waals surface area contributed by atoms with Crippen molar-refractivity contribution in [2.45, 2.75) is 17.2 Å². The summed E-state index contributed by atoms with van der Waals surface area (Å²) in [6.45, 7) is 1.19. The minimum Gasteiger partial charge on any atom is -0.454 e. The van der Waals surface area contributed by atoms with Gasteiger partial charge in [0.05, 0.1) is 4.90 Å². The normalized spacial score (nSPS) is 20.8. The summed E-state index contributed by atoms with van der Waals surface area (Å²) >= 11 is 0. The van der Waals surface area contributed by atoms with Crippen molar-refractivity contribution >= 4 is 10.0 Å². The molecule has 0 unspecified atom stereocenters. The first-order chi connectivity index (χ1) is 11.1. The van der Waals surface area contributed by atoms with E-state index in [1.54, 1.807) is 22.5 Å². The van der Waals surface area contributed by atoms with Gasteiger partial charge in [0.2, 0.25) is 16.8 Å². The van der Waals surface area contributed by atoms with Gasteiger partial charge in [0, 0.05) is 19.2 Å². The van der Waals surface area contributed by atoms with Crippen molar-refractivity contribution in [2.75, 3.05) is 19.9 Å². The Morgan fingerprint density at radius 3 is 2.61 bits per heavy atom. The van der Waals surface area contributed by atoms with Crippen LogP contribution in [0.4, 0.5) is 0 Å². The van der Waals surface area contributed by atoms with Gasteiger partial charge in [0.1, 0.15) is 0 Å². The van der Waals surface area contributed by atoms with Crippen LogP contribution >= 0.6 is 0 Å². The zero-order chi connectivity index (χ0) is 15.9. The van der Waals surface area contributed by atoms with E-state index in [0.717, 1.165) is 6.42 Å². The molecular weight excluding hydrogens is 314 g/mol. The molecule has 0 saturated carbocycles. The number of nitrogens with zero attached hydrogens (tertiary/aromatic N) is 1. The average molecular weight is 331 g/mol. The molecule has 0 aromatic heterocycles. The molecule has 0 spiro atoms. The second-order valence-corrected chi connectivity index (χ2v) is 7.71. The van der Waals surface area contributed by atoms with Gasteiger partial charge in [-0.2, -0.15) is 4.31 Å². The lowest BCUT2D eigenvalue weighted by Gasteiger charge is -2.17. The first kappa shape index (κ1) is 14.5. The van der Waals surface area contributed by atoms with Crippen molar-refractivity contribution in [3.8, 4) is 11.5 Å². The highest BCUT2D eigenvalue weighted by Gasteiger charge is 2.34. The fraction of sp³-hybridized carbons (Fsp3) is 0.294. The number of ether oxygens (including phenoxy) is 2. The van der Waals surface area contributed by atoms with E-state index in [0.29, 0.717) is 24.6 Å². The molecule has 120 valence electrons. The van der Waals surface area contributed by atoms with Gasteiger partial charge in [-0.25, -0.2) is 8.42 Å². The maximum atomic E-state index is 12.8. The van der Waals surface area contributed by atoms with Gasteiger partial charge in [-0.15, -0.1) is 0 Å². The number of benzene rings is 2. The molecule has 2 heterocycles. The Balaban J connectivity index is 1.58. The molecule has 2 aliphatic heterocycles. The molecule has 4 rings (SSSR count). The van der Waals surface area contributed by atoms with Crippen molar-refractivity contribution in [2.24, 2.45) is 0 Å². The summed E-state index contributed by atoms with van der Waals surface area (Å²) in [4.78, 5) is 0.260.